The first-order chi connectivity index (χ1) is 35.8. The normalized spacial score (nSPS) is 13.3. The van der Waals surface area contributed by atoms with E-state index in [0.29, 0.717) is 24.8 Å². The van der Waals surface area contributed by atoms with Gasteiger partial charge in [-0.2, -0.15) is 72.3 Å². The van der Waals surface area contributed by atoms with E-state index in [2.05, 4.69) is 158 Å². The molecular weight excluding hydrogens is 1520 g/mol. The van der Waals surface area contributed by atoms with Crippen LogP contribution in [-0.2, 0) is 103 Å². The summed E-state index contributed by atoms with van der Waals surface area (Å²) in [5.74, 6) is 0.260. The zero-order valence-electron chi connectivity index (χ0n) is 51.5. The number of ether oxygens (including phenoxy) is 1. The fourth-order valence-corrected chi connectivity index (χ4v) is 7.60. The zero-order chi connectivity index (χ0) is 54.2. The Morgan fingerprint density at radius 1 is 0.518 bits per heavy atom. The molecular formula is C64H81F2N13ORh5. The van der Waals surface area contributed by atoms with Gasteiger partial charge in [-0.3, -0.25) is 13.6 Å². The molecule has 5 heterocycles. The van der Waals surface area contributed by atoms with Gasteiger partial charge < -0.3 is 101 Å². The van der Waals surface area contributed by atoms with E-state index in [9.17, 15) is 8.78 Å². The van der Waals surface area contributed by atoms with Gasteiger partial charge in [0.25, 0.3) is 0 Å². The predicted molar refractivity (Wildman–Crippen MR) is 331 cm³/mol. The van der Waals surface area contributed by atoms with Crippen LogP contribution in [0, 0.1) is 92.2 Å². The van der Waals surface area contributed by atoms with Crippen LogP contribution in [0.25, 0.3) is 9.69 Å². The predicted octanol–water partition coefficient (Wildman–Crippen LogP) is 13.0. The van der Waals surface area contributed by atoms with Crippen molar-refractivity contribution in [2.45, 2.75) is 26.2 Å². The molecule has 0 saturated heterocycles. The van der Waals surface area contributed by atoms with Crippen molar-refractivity contribution in [3.8, 4) is 5.75 Å². The Bertz CT molecular complexity index is 2960. The second-order valence-corrected chi connectivity index (χ2v) is 19.3. The number of benzene rings is 5. The maximum atomic E-state index is 13.3. The van der Waals surface area contributed by atoms with Crippen molar-refractivity contribution in [3.63, 3.8) is 0 Å². The van der Waals surface area contributed by atoms with Gasteiger partial charge in [-0.1, -0.05) is 55.8 Å². The van der Waals surface area contributed by atoms with E-state index in [1.807, 2.05) is 98.9 Å². The molecule has 0 amide bonds. The molecule has 0 spiro atoms. The minimum atomic E-state index is -0.609. The van der Waals surface area contributed by atoms with E-state index >= 15 is 0 Å². The molecule has 5 radical (unpaired) electrons. The fourth-order valence-electron chi connectivity index (χ4n) is 7.60. The number of hydrogen-bond donors (Lipinski definition) is 0. The first kappa shape index (κ1) is 88.1. The second-order valence-electron chi connectivity index (χ2n) is 19.3. The molecule has 0 bridgehead atoms. The average Bonchev–Trinajstić information content (AvgIpc) is 4.28. The summed E-state index contributed by atoms with van der Waals surface area (Å²) in [6.07, 6.45) is 17.7. The summed E-state index contributed by atoms with van der Waals surface area (Å²) < 4.78 is 31.0. The molecule has 0 aliphatic carbocycles. The number of anilines is 6. The summed E-state index contributed by atoms with van der Waals surface area (Å²) in [7, 11) is 15.7. The molecule has 0 N–H and O–H groups in total. The molecule has 0 atom stereocenters. The van der Waals surface area contributed by atoms with Crippen molar-refractivity contribution >= 4 is 39.8 Å². The average molecular weight is 1600 g/mol. The van der Waals surface area contributed by atoms with Crippen molar-refractivity contribution in [1.82, 2.24) is 24.5 Å². The quantitative estimate of drug-likeness (QED) is 0.115. The van der Waals surface area contributed by atoms with E-state index in [1.54, 1.807) is 42.6 Å². The van der Waals surface area contributed by atoms with E-state index in [1.165, 1.54) is 11.3 Å². The Morgan fingerprint density at radius 3 is 1.36 bits per heavy atom. The molecule has 10 rings (SSSR count). The zero-order valence-corrected chi connectivity index (χ0v) is 59.7. The van der Waals surface area contributed by atoms with Gasteiger partial charge in [-0.25, -0.2) is 0 Å². The van der Waals surface area contributed by atoms with E-state index in [-0.39, 0.29) is 146 Å². The number of rotatable bonds is 7. The number of halogens is 2. The molecule has 21 heteroatoms. The van der Waals surface area contributed by atoms with Gasteiger partial charge in [0.05, 0.1) is 53.1 Å². The number of nitrogens with zero attached hydrogens (tertiary/aromatic N) is 13. The Labute approximate surface area is 575 Å². The van der Waals surface area contributed by atoms with Gasteiger partial charge in [-0.05, 0) is 11.1 Å². The van der Waals surface area contributed by atoms with E-state index in [0.717, 1.165) is 60.6 Å². The summed E-state index contributed by atoms with van der Waals surface area (Å²) in [5, 5.41) is 0. The van der Waals surface area contributed by atoms with Crippen LogP contribution in [0.15, 0.2) is 147 Å². The van der Waals surface area contributed by atoms with Crippen molar-refractivity contribution < 1.29 is 111 Å². The summed E-state index contributed by atoms with van der Waals surface area (Å²) in [4.78, 5) is 29.1. The molecule has 5 aromatic rings. The van der Waals surface area contributed by atoms with E-state index in [4.69, 9.17) is 17.9 Å². The molecule has 14 nitrogen and oxygen atoms in total. The molecule has 5 aliphatic heterocycles. The largest absolute Gasteiger partial charge is 2.00 e. The van der Waals surface area contributed by atoms with Crippen LogP contribution in [0.4, 0.5) is 48.6 Å². The van der Waals surface area contributed by atoms with E-state index < -0.39 is 11.6 Å². The standard InChI is InChI=1S/C14H19N2.C12H9N4.C12H16N3.C11H13N2O.C10H9F2N2.5CH3.5Rh/c1-14(2,3)12-6-5-7-13(10-12)16-9-8-15(4)11-16;1-13-10-5-4-6-11(7-10)16-8-12(14-2)15(3)9-16;1-13(2)11-5-4-6-12(9-11)15-8-7-14(3)10-15;1-12-6-7-13(9-12)10-4-3-5-11(8-10)14-2;1-13-4-5-14(7-13)10-3-2-8(11)6-9(10)12;;;;;;;;;;/h5-6,8-10H,11H2,1-4H3;4-5,7-8H,9H2,3H3;4-5,7-9H,10H2,1-3H3;3,5-8H,9H2,1-2H3;2,4-6H,7H2,1H3;5*1H3;;;;;/q10*-1;5*+2. The van der Waals surface area contributed by atoms with Crippen molar-refractivity contribution in [2.24, 2.45) is 0 Å². The first-order valence-electron chi connectivity index (χ1n) is 24.0. The van der Waals surface area contributed by atoms with Crippen LogP contribution in [0.5, 0.6) is 5.75 Å². The van der Waals surface area contributed by atoms with Crippen LogP contribution in [0.3, 0.4) is 0 Å². The third-order valence-corrected chi connectivity index (χ3v) is 11.8. The minimum absolute atomic E-state index is 0. The molecule has 467 valence electrons. The molecule has 5 aromatic carbocycles. The molecule has 0 unspecified atom stereocenters. The second kappa shape index (κ2) is 42.2. The molecule has 85 heavy (non-hydrogen) atoms. The molecule has 0 fully saturated rings. The third-order valence-electron chi connectivity index (χ3n) is 11.8. The Hall–Kier alpha value is -5.64. The Balaban J connectivity index is -0.000000305. The van der Waals surface area contributed by atoms with Gasteiger partial charge >= 0.3 is 97.4 Å². The van der Waals surface area contributed by atoms with Gasteiger partial charge in [0.1, 0.15) is 6.67 Å². The minimum Gasteiger partial charge on any atom is -0.522 e. The Kier molecular flexibility index (Phi) is 43.8. The smallest absolute Gasteiger partial charge is 0.522 e. The monoisotopic (exact) mass is 1600 g/mol. The maximum Gasteiger partial charge on any atom is 2.00 e. The summed E-state index contributed by atoms with van der Waals surface area (Å²) >= 11 is 0. The van der Waals surface area contributed by atoms with Crippen LogP contribution < -0.4 is 34.1 Å². The Morgan fingerprint density at radius 2 is 0.953 bits per heavy atom. The molecule has 5 aliphatic rings. The van der Waals surface area contributed by atoms with Crippen LogP contribution in [0.2, 0.25) is 0 Å². The summed E-state index contributed by atoms with van der Waals surface area (Å²) in [6, 6.07) is 40.8. The van der Waals surface area contributed by atoms with Crippen molar-refractivity contribution in [1.29, 1.82) is 0 Å². The summed E-state index contributed by atoms with van der Waals surface area (Å²) in [6.45, 7) is 24.5. The maximum absolute atomic E-state index is 13.3. The number of hydrogen-bond acceptors (Lipinski definition) is 12. The van der Waals surface area contributed by atoms with Crippen molar-refractivity contribution in [2.75, 3.05) is 119 Å². The van der Waals surface area contributed by atoms with Crippen LogP contribution >= 0.6 is 0 Å². The third kappa shape index (κ3) is 26.5. The topological polar surface area (TPSA) is 53.6 Å². The van der Waals surface area contributed by atoms with Gasteiger partial charge in [0, 0.05) is 115 Å². The number of methoxy groups -OCH3 is 1. The fraction of sp³-hybridized carbons (Fsp3) is 0.266. The van der Waals surface area contributed by atoms with Gasteiger partial charge in [-0.15, -0.1) is 48.5 Å². The first-order valence-corrected chi connectivity index (χ1v) is 24.0. The molecule has 0 saturated carbocycles. The van der Waals surface area contributed by atoms with Crippen LogP contribution in [-0.4, -0.2) is 114 Å². The molecule has 0 aromatic heterocycles. The van der Waals surface area contributed by atoms with Gasteiger partial charge in [0.2, 0.25) is 5.82 Å². The summed E-state index contributed by atoms with van der Waals surface area (Å²) in [5.41, 5.74) is 7.71. The SMILES string of the molecule is CN1C=CN(c2[c-]cc(F)cc2F)C1.CN1C=CN(c2[c-]ccc(C(C)(C)C)c2)C1.CN1C=CN(c2[c-]ccc(N(C)C)c2)C1.COc1cc[c-]c(N2C=CN(C)C2)c1.[C-]#[N+]C1=CN(c2[c-]ccc([N+]#[C-])c2)CN1C.[CH3-].[CH3-].[CH3-].[CH3-].[CH3-].[Rh+2].[Rh+2].[Rh+2].[Rh+2].[Rh+2]. The van der Waals surface area contributed by atoms with Gasteiger partial charge in [0.15, 0.2) is 0 Å². The van der Waals surface area contributed by atoms with Crippen molar-refractivity contribution in [3.05, 3.63) is 254 Å². The van der Waals surface area contributed by atoms with Crippen LogP contribution in [0.1, 0.15) is 26.3 Å².